The van der Waals surface area contributed by atoms with Crippen molar-refractivity contribution in [2.45, 2.75) is 6.92 Å². The van der Waals surface area contributed by atoms with Crippen molar-refractivity contribution in [1.29, 1.82) is 0 Å². The molecule has 2 aromatic carbocycles. The maximum absolute atomic E-state index is 12.6. The average molecular weight is 481 g/mol. The number of hydrogen-bond acceptors (Lipinski definition) is 7. The van der Waals surface area contributed by atoms with Crippen LogP contribution in [0.2, 0.25) is 0 Å². The molecule has 9 nitrogen and oxygen atoms in total. The van der Waals surface area contributed by atoms with E-state index in [9.17, 15) is 19.7 Å². The van der Waals surface area contributed by atoms with Gasteiger partial charge in [-0.2, -0.15) is 0 Å². The summed E-state index contributed by atoms with van der Waals surface area (Å²) in [5, 5.41) is 16.0. The Kier molecular flexibility index (Phi) is 7.07. The first-order chi connectivity index (χ1) is 16.5. The van der Waals surface area contributed by atoms with E-state index < -0.39 is 10.8 Å². The first-order valence-corrected chi connectivity index (χ1v) is 11.7. The Labute approximate surface area is 200 Å². The minimum absolute atomic E-state index is 0.0715. The number of carbonyl (C=O) groups excluding carboxylic acids is 2. The molecular formula is C24H24N4O5S. The molecule has 34 heavy (non-hydrogen) atoms. The van der Waals surface area contributed by atoms with Crippen molar-refractivity contribution >= 4 is 40.2 Å². The molecule has 4 rings (SSSR count). The van der Waals surface area contributed by atoms with Crippen LogP contribution in [0.4, 0.5) is 17.1 Å². The second kappa shape index (κ2) is 10.3. The zero-order valence-corrected chi connectivity index (χ0v) is 19.4. The number of amides is 2. The number of rotatable bonds is 7. The van der Waals surface area contributed by atoms with E-state index in [0.717, 1.165) is 23.7 Å². The number of hydrogen-bond donors (Lipinski definition) is 1. The molecule has 0 aliphatic carbocycles. The minimum atomic E-state index is -0.565. The zero-order valence-electron chi connectivity index (χ0n) is 18.6. The van der Waals surface area contributed by atoms with Crippen molar-refractivity contribution < 1.29 is 19.2 Å². The molecule has 0 unspecified atom stereocenters. The van der Waals surface area contributed by atoms with Gasteiger partial charge in [0.2, 0.25) is 0 Å². The van der Waals surface area contributed by atoms with Gasteiger partial charge in [0.25, 0.3) is 11.8 Å². The van der Waals surface area contributed by atoms with Crippen LogP contribution in [0.15, 0.2) is 60.0 Å². The number of thiophene rings is 1. The van der Waals surface area contributed by atoms with E-state index in [4.69, 9.17) is 4.74 Å². The fourth-order valence-electron chi connectivity index (χ4n) is 3.76. The Hall–Kier alpha value is -3.92. The van der Waals surface area contributed by atoms with E-state index in [2.05, 4.69) is 10.2 Å². The van der Waals surface area contributed by atoms with Crippen LogP contribution in [0.3, 0.4) is 0 Å². The number of benzene rings is 2. The van der Waals surface area contributed by atoms with E-state index in [0.29, 0.717) is 25.4 Å². The molecule has 2 heterocycles. The minimum Gasteiger partial charge on any atom is -0.487 e. The van der Waals surface area contributed by atoms with E-state index in [1.807, 2.05) is 34.5 Å². The number of anilines is 2. The molecular weight excluding hydrogens is 456 g/mol. The number of nitrogens with zero attached hydrogens (tertiary/aromatic N) is 3. The second-order valence-electron chi connectivity index (χ2n) is 7.63. The molecule has 0 atom stereocenters. The highest BCUT2D eigenvalue weighted by molar-refractivity contribution is 7.12. The van der Waals surface area contributed by atoms with Crippen LogP contribution in [-0.2, 0) is 0 Å². The number of nitro groups is 1. The van der Waals surface area contributed by atoms with E-state index in [1.165, 1.54) is 29.5 Å². The third-order valence-corrected chi connectivity index (χ3v) is 6.36. The van der Waals surface area contributed by atoms with Crippen molar-refractivity contribution in [2.24, 2.45) is 0 Å². The maximum atomic E-state index is 12.6. The predicted molar refractivity (Wildman–Crippen MR) is 131 cm³/mol. The van der Waals surface area contributed by atoms with E-state index >= 15 is 0 Å². The Bertz CT molecular complexity index is 1170. The molecule has 2 amide bonds. The number of nitro benzene ring substituents is 1. The summed E-state index contributed by atoms with van der Waals surface area (Å²) in [5.41, 5.74) is 1.50. The van der Waals surface area contributed by atoms with Crippen LogP contribution in [0.5, 0.6) is 5.75 Å². The van der Waals surface area contributed by atoms with Gasteiger partial charge in [0.1, 0.15) is 0 Å². The highest BCUT2D eigenvalue weighted by Crippen LogP contribution is 2.28. The monoisotopic (exact) mass is 480 g/mol. The molecule has 0 bridgehead atoms. The van der Waals surface area contributed by atoms with Crippen molar-refractivity contribution in [3.63, 3.8) is 0 Å². The molecule has 0 spiro atoms. The second-order valence-corrected chi connectivity index (χ2v) is 8.58. The van der Waals surface area contributed by atoms with Gasteiger partial charge in [0.15, 0.2) is 5.75 Å². The summed E-state index contributed by atoms with van der Waals surface area (Å²) in [6, 6.07) is 15.3. The first kappa shape index (κ1) is 23.2. The molecule has 0 radical (unpaired) electrons. The molecule has 176 valence electrons. The van der Waals surface area contributed by atoms with Gasteiger partial charge in [-0.05, 0) is 54.8 Å². The van der Waals surface area contributed by atoms with Gasteiger partial charge in [-0.25, -0.2) is 0 Å². The van der Waals surface area contributed by atoms with Gasteiger partial charge in [-0.1, -0.05) is 6.07 Å². The Morgan fingerprint density at radius 1 is 1.09 bits per heavy atom. The summed E-state index contributed by atoms with van der Waals surface area (Å²) in [4.78, 5) is 40.7. The largest absolute Gasteiger partial charge is 0.487 e. The average Bonchev–Trinajstić information content (AvgIpc) is 3.39. The highest BCUT2D eigenvalue weighted by atomic mass is 32.1. The quantitative estimate of drug-likeness (QED) is 0.400. The lowest BCUT2D eigenvalue weighted by Crippen LogP contribution is -2.48. The number of carbonyl (C=O) groups is 2. The first-order valence-electron chi connectivity index (χ1n) is 10.9. The fourth-order valence-corrected chi connectivity index (χ4v) is 4.45. The number of nitrogens with one attached hydrogen (secondary N) is 1. The van der Waals surface area contributed by atoms with Crippen molar-refractivity contribution in [1.82, 2.24) is 4.90 Å². The van der Waals surface area contributed by atoms with E-state index in [-0.39, 0.29) is 22.9 Å². The standard InChI is InChI=1S/C24H24N4O5S/c1-2-33-21-10-5-17(16-20(21)28(31)32)23(29)25-18-6-8-19(9-7-18)26-11-13-27(14-12-26)24(30)22-4-3-15-34-22/h3-10,15-16H,2,11-14H2,1H3,(H,25,29). The van der Waals surface area contributed by atoms with Gasteiger partial charge >= 0.3 is 5.69 Å². The van der Waals surface area contributed by atoms with Crippen LogP contribution < -0.4 is 15.0 Å². The lowest BCUT2D eigenvalue weighted by molar-refractivity contribution is -0.385. The number of ether oxygens (including phenoxy) is 1. The lowest BCUT2D eigenvalue weighted by Gasteiger charge is -2.36. The molecule has 1 aromatic heterocycles. The third kappa shape index (κ3) is 5.18. The Morgan fingerprint density at radius 2 is 1.82 bits per heavy atom. The van der Waals surface area contributed by atoms with Crippen molar-refractivity contribution in [3.8, 4) is 5.75 Å². The summed E-state index contributed by atoms with van der Waals surface area (Å²) >= 11 is 1.45. The van der Waals surface area contributed by atoms with Crippen LogP contribution in [0.25, 0.3) is 0 Å². The molecule has 3 aromatic rings. The number of piperazine rings is 1. The molecule has 1 aliphatic heterocycles. The van der Waals surface area contributed by atoms with Gasteiger partial charge in [0, 0.05) is 49.2 Å². The summed E-state index contributed by atoms with van der Waals surface area (Å²) in [6.07, 6.45) is 0. The topological polar surface area (TPSA) is 105 Å². The summed E-state index contributed by atoms with van der Waals surface area (Å²) < 4.78 is 5.26. The van der Waals surface area contributed by atoms with Gasteiger partial charge in [-0.15, -0.1) is 11.3 Å². The molecule has 10 heteroatoms. The van der Waals surface area contributed by atoms with Crippen LogP contribution >= 0.6 is 11.3 Å². The molecule has 1 aliphatic rings. The SMILES string of the molecule is CCOc1ccc(C(=O)Nc2ccc(N3CCN(C(=O)c4cccs4)CC3)cc2)cc1[N+](=O)[O-]. The molecule has 1 fully saturated rings. The van der Waals surface area contributed by atoms with Gasteiger partial charge in [-0.3, -0.25) is 19.7 Å². The van der Waals surface area contributed by atoms with Gasteiger partial charge < -0.3 is 19.9 Å². The fraction of sp³-hybridized carbons (Fsp3) is 0.250. The van der Waals surface area contributed by atoms with E-state index in [1.54, 1.807) is 19.1 Å². The Balaban J connectivity index is 1.36. The molecule has 0 saturated carbocycles. The molecule has 1 saturated heterocycles. The van der Waals surface area contributed by atoms with Crippen molar-refractivity contribution in [2.75, 3.05) is 43.0 Å². The summed E-state index contributed by atoms with van der Waals surface area (Å²) in [5.74, 6) is -0.243. The van der Waals surface area contributed by atoms with Gasteiger partial charge in [0.05, 0.1) is 16.4 Å². The lowest BCUT2D eigenvalue weighted by atomic mass is 10.1. The molecule has 1 N–H and O–H groups in total. The third-order valence-electron chi connectivity index (χ3n) is 5.51. The van der Waals surface area contributed by atoms with Crippen molar-refractivity contribution in [3.05, 3.63) is 80.5 Å². The summed E-state index contributed by atoms with van der Waals surface area (Å²) in [6.45, 7) is 4.76. The van der Waals surface area contributed by atoms with Crippen LogP contribution in [0.1, 0.15) is 27.0 Å². The Morgan fingerprint density at radius 3 is 2.44 bits per heavy atom. The van der Waals surface area contributed by atoms with Crippen LogP contribution in [0, 0.1) is 10.1 Å². The highest BCUT2D eigenvalue weighted by Gasteiger charge is 2.23. The smallest absolute Gasteiger partial charge is 0.311 e. The zero-order chi connectivity index (χ0) is 24.1. The predicted octanol–water partition coefficient (Wildman–Crippen LogP) is 4.27. The maximum Gasteiger partial charge on any atom is 0.311 e. The summed E-state index contributed by atoms with van der Waals surface area (Å²) in [7, 11) is 0. The van der Waals surface area contributed by atoms with Crippen LogP contribution in [-0.4, -0.2) is 54.4 Å². The normalized spacial score (nSPS) is 13.4.